The van der Waals surface area contributed by atoms with Gasteiger partial charge in [0, 0.05) is 6.42 Å². The van der Waals surface area contributed by atoms with Gasteiger partial charge in [0.25, 0.3) is 0 Å². The topological polar surface area (TPSA) is 30.7 Å². The Balaban J connectivity index is 2.02. The molecule has 3 nitrogen and oxygen atoms in total. The van der Waals surface area contributed by atoms with E-state index in [4.69, 9.17) is 0 Å². The predicted molar refractivity (Wildman–Crippen MR) is 71.8 cm³/mol. The third-order valence-corrected chi connectivity index (χ3v) is 3.98. The first-order valence-electron chi connectivity index (χ1n) is 6.88. The van der Waals surface area contributed by atoms with Crippen molar-refractivity contribution in [3.63, 3.8) is 0 Å². The van der Waals surface area contributed by atoms with E-state index >= 15 is 0 Å². The average molecular weight is 277 g/mol. The summed E-state index contributed by atoms with van der Waals surface area (Å²) in [6.07, 6.45) is -0.604. The number of hydrogen-bond donors (Lipinski definition) is 0. The van der Waals surface area contributed by atoms with Crippen molar-refractivity contribution in [3.8, 4) is 0 Å². The van der Waals surface area contributed by atoms with Gasteiger partial charge in [-0.2, -0.15) is 5.10 Å². The van der Waals surface area contributed by atoms with Crippen LogP contribution in [-0.2, 0) is 5.67 Å². The number of fused-ring (bicyclic) bond motifs is 1. The Labute approximate surface area is 116 Å². The van der Waals surface area contributed by atoms with Crippen molar-refractivity contribution in [1.29, 1.82) is 0 Å². The van der Waals surface area contributed by atoms with E-state index in [2.05, 4.69) is 10.1 Å². The summed E-state index contributed by atoms with van der Waals surface area (Å²) >= 11 is 0. The first-order chi connectivity index (χ1) is 9.53. The molecule has 0 aliphatic carbocycles. The largest absolute Gasteiger partial charge is 0.239 e. The Bertz CT molecular complexity index is 607. The molecule has 1 aromatic carbocycles. The molecule has 0 amide bonds. The second-order valence-electron chi connectivity index (χ2n) is 5.42. The fourth-order valence-electron chi connectivity index (χ4n) is 2.51. The highest BCUT2D eigenvalue weighted by atomic mass is 19.1. The van der Waals surface area contributed by atoms with E-state index in [0.29, 0.717) is 6.42 Å². The molecule has 1 aliphatic heterocycles. The first-order valence-corrected chi connectivity index (χ1v) is 6.88. The zero-order chi connectivity index (χ0) is 14.3. The molecule has 106 valence electrons. The molecule has 20 heavy (non-hydrogen) atoms. The molecule has 2 heterocycles. The van der Waals surface area contributed by atoms with Crippen LogP contribution in [-0.4, -0.2) is 14.8 Å². The summed E-state index contributed by atoms with van der Waals surface area (Å²) in [5.74, 6) is 0.324. The fourth-order valence-corrected chi connectivity index (χ4v) is 2.51. The van der Waals surface area contributed by atoms with Crippen LogP contribution in [0.3, 0.4) is 0 Å². The van der Waals surface area contributed by atoms with Crippen molar-refractivity contribution >= 4 is 0 Å². The molecule has 5 heteroatoms. The maximum Gasteiger partial charge on any atom is 0.188 e. The van der Waals surface area contributed by atoms with Crippen molar-refractivity contribution < 1.29 is 8.78 Å². The van der Waals surface area contributed by atoms with Crippen LogP contribution in [0.5, 0.6) is 0 Å². The highest BCUT2D eigenvalue weighted by Gasteiger charge is 2.39. The lowest BCUT2D eigenvalue weighted by Gasteiger charge is -2.15. The van der Waals surface area contributed by atoms with Gasteiger partial charge in [0.05, 0.1) is 6.04 Å². The Morgan fingerprint density at radius 3 is 2.70 bits per heavy atom. The number of halogens is 2. The summed E-state index contributed by atoms with van der Waals surface area (Å²) in [7, 11) is 0. The van der Waals surface area contributed by atoms with Crippen LogP contribution >= 0.6 is 0 Å². The number of alkyl halides is 2. The Hall–Kier alpha value is -1.78. The van der Waals surface area contributed by atoms with Gasteiger partial charge in [0.1, 0.15) is 0 Å². The van der Waals surface area contributed by atoms with E-state index in [0.717, 1.165) is 5.56 Å². The van der Waals surface area contributed by atoms with Crippen LogP contribution < -0.4 is 0 Å². The zero-order valence-electron chi connectivity index (χ0n) is 11.6. The van der Waals surface area contributed by atoms with Gasteiger partial charge >= 0.3 is 0 Å². The van der Waals surface area contributed by atoms with Gasteiger partial charge in [-0.05, 0) is 18.9 Å². The van der Waals surface area contributed by atoms with E-state index < -0.39 is 11.8 Å². The highest BCUT2D eigenvalue weighted by Crippen LogP contribution is 2.40. The lowest BCUT2D eigenvalue weighted by molar-refractivity contribution is 0.170. The lowest BCUT2D eigenvalue weighted by atomic mass is 10.0. The summed E-state index contributed by atoms with van der Waals surface area (Å²) in [6.45, 7) is 3.16. The molecule has 0 radical (unpaired) electrons. The van der Waals surface area contributed by atoms with Crippen molar-refractivity contribution in [1.82, 2.24) is 14.8 Å². The number of rotatable bonds is 3. The van der Waals surface area contributed by atoms with Crippen LogP contribution in [0.15, 0.2) is 30.3 Å². The molecule has 0 bridgehead atoms. The molecule has 2 unspecified atom stereocenters. The van der Waals surface area contributed by atoms with Crippen LogP contribution in [0.25, 0.3) is 0 Å². The molecule has 1 aliphatic rings. The highest BCUT2D eigenvalue weighted by molar-refractivity contribution is 5.24. The average Bonchev–Trinajstić information content (AvgIpc) is 3.01. The molecule has 3 atom stereocenters. The molecule has 2 aromatic rings. The molecule has 0 spiro atoms. The van der Waals surface area contributed by atoms with Crippen molar-refractivity contribution in [2.75, 3.05) is 0 Å². The summed E-state index contributed by atoms with van der Waals surface area (Å²) in [4.78, 5) is 4.09. The van der Waals surface area contributed by atoms with Crippen LogP contribution in [0.4, 0.5) is 8.78 Å². The monoisotopic (exact) mass is 277 g/mol. The van der Waals surface area contributed by atoms with E-state index in [9.17, 15) is 8.78 Å². The van der Waals surface area contributed by atoms with E-state index in [1.807, 2.05) is 30.3 Å². The number of nitrogens with zero attached hydrogens (tertiary/aromatic N) is 3. The van der Waals surface area contributed by atoms with Gasteiger partial charge in [0.2, 0.25) is 0 Å². The molecule has 1 aromatic heterocycles. The minimum atomic E-state index is -1.61. The third kappa shape index (κ3) is 2.01. The molecular formula is C15H17F2N3. The maximum atomic E-state index is 14.3. The number of benzene rings is 1. The SMILES string of the molecule is CC[C@@](C)(F)c1nc2n(n1)C(c1ccccc1)CC2F. The first kappa shape index (κ1) is 13.2. The summed E-state index contributed by atoms with van der Waals surface area (Å²) in [5.41, 5.74) is -0.638. The van der Waals surface area contributed by atoms with Crippen LogP contribution in [0.1, 0.15) is 56.1 Å². The molecule has 3 rings (SSSR count). The van der Waals surface area contributed by atoms with Gasteiger partial charge in [-0.15, -0.1) is 0 Å². The minimum absolute atomic E-state index is 0.0817. The summed E-state index contributed by atoms with van der Waals surface area (Å²) in [6, 6.07) is 9.39. The van der Waals surface area contributed by atoms with Gasteiger partial charge in [-0.1, -0.05) is 37.3 Å². The quantitative estimate of drug-likeness (QED) is 0.852. The lowest BCUT2D eigenvalue weighted by Crippen LogP contribution is -2.17. The van der Waals surface area contributed by atoms with E-state index in [-0.39, 0.29) is 24.1 Å². The second kappa shape index (κ2) is 4.65. The van der Waals surface area contributed by atoms with Crippen molar-refractivity contribution in [3.05, 3.63) is 47.5 Å². The molecule has 0 saturated heterocycles. The van der Waals surface area contributed by atoms with Gasteiger partial charge < -0.3 is 0 Å². The third-order valence-electron chi connectivity index (χ3n) is 3.98. The van der Waals surface area contributed by atoms with Crippen LogP contribution in [0, 0.1) is 0 Å². The molecule has 0 saturated carbocycles. The summed E-state index contributed by atoms with van der Waals surface area (Å²) in [5, 5.41) is 4.23. The maximum absolute atomic E-state index is 14.3. The van der Waals surface area contributed by atoms with Crippen molar-refractivity contribution in [2.24, 2.45) is 0 Å². The van der Waals surface area contributed by atoms with Gasteiger partial charge in [-0.3, -0.25) is 0 Å². The van der Waals surface area contributed by atoms with E-state index in [1.54, 1.807) is 11.6 Å². The number of aromatic nitrogens is 3. The minimum Gasteiger partial charge on any atom is -0.239 e. The molecule has 0 N–H and O–H groups in total. The Kier molecular flexibility index (Phi) is 3.07. The van der Waals surface area contributed by atoms with Gasteiger partial charge in [0.15, 0.2) is 23.5 Å². The normalized spacial score (nSPS) is 24.4. The molecular weight excluding hydrogens is 260 g/mol. The molecule has 0 fully saturated rings. The second-order valence-corrected chi connectivity index (χ2v) is 5.42. The summed E-state index contributed by atoms with van der Waals surface area (Å²) < 4.78 is 30.0. The smallest absolute Gasteiger partial charge is 0.188 e. The van der Waals surface area contributed by atoms with Crippen molar-refractivity contribution in [2.45, 2.75) is 44.6 Å². The van der Waals surface area contributed by atoms with Crippen LogP contribution in [0.2, 0.25) is 0 Å². The Morgan fingerprint density at radius 1 is 1.35 bits per heavy atom. The Morgan fingerprint density at radius 2 is 2.05 bits per heavy atom. The standard InChI is InChI=1S/C15H17F2N3/c1-3-15(2,17)14-18-13-11(16)9-12(20(13)19-14)10-7-5-4-6-8-10/h4-8,11-12H,3,9H2,1-2H3/t11?,12?,15-/m1/s1. The predicted octanol–water partition coefficient (Wildman–Crippen LogP) is 3.88. The zero-order valence-corrected chi connectivity index (χ0v) is 11.6. The fraction of sp³-hybridized carbons (Fsp3) is 0.467. The van der Waals surface area contributed by atoms with Gasteiger partial charge in [-0.25, -0.2) is 18.4 Å². The number of hydrogen-bond acceptors (Lipinski definition) is 2. The van der Waals surface area contributed by atoms with E-state index in [1.165, 1.54) is 6.92 Å².